The lowest BCUT2D eigenvalue weighted by atomic mass is 9.83. The molecule has 1 saturated heterocycles. The minimum Gasteiger partial charge on any atom is -0.285 e. The highest BCUT2D eigenvalue weighted by atomic mass is 35.5. The topological polar surface area (TPSA) is 40.5 Å². The third-order valence-corrected chi connectivity index (χ3v) is 3.91. The molecule has 1 atom stereocenters. The molecule has 1 aliphatic heterocycles. The highest BCUT2D eigenvalue weighted by Crippen LogP contribution is 2.44. The number of hydrogen-bond donors (Lipinski definition) is 1. The first-order chi connectivity index (χ1) is 7.84. The zero-order valence-electron chi connectivity index (χ0n) is 9.58. The smallest absolute Gasteiger partial charge is 0.247 e. The van der Waals surface area contributed by atoms with Gasteiger partial charge in [0.25, 0.3) is 0 Å². The van der Waals surface area contributed by atoms with Gasteiger partial charge in [-0.3, -0.25) is 10.0 Å². The number of benzene rings is 1. The Bertz CT molecular complexity index is 474. The van der Waals surface area contributed by atoms with Crippen LogP contribution in [-0.4, -0.2) is 21.7 Å². The highest BCUT2D eigenvalue weighted by molar-refractivity contribution is 6.35. The van der Waals surface area contributed by atoms with Crippen molar-refractivity contribution in [1.82, 2.24) is 5.06 Å². The lowest BCUT2D eigenvalue weighted by molar-refractivity contribution is -0.176. The molecule has 0 aliphatic carbocycles. The van der Waals surface area contributed by atoms with E-state index < -0.39 is 5.54 Å². The minimum atomic E-state index is -0.658. The molecule has 17 heavy (non-hydrogen) atoms. The minimum absolute atomic E-state index is 0.134. The van der Waals surface area contributed by atoms with Crippen LogP contribution in [0.1, 0.15) is 31.7 Å². The van der Waals surface area contributed by atoms with Gasteiger partial charge in [-0.2, -0.15) is 0 Å². The van der Waals surface area contributed by atoms with Gasteiger partial charge in [0.05, 0.1) is 5.54 Å². The first kappa shape index (κ1) is 12.7. The SMILES string of the molecule is CC1(C)C(c2ccc(Cl)cc2Cl)CC(=O)N1O. The normalized spacial score (nSPS) is 23.2. The molecule has 3 nitrogen and oxygen atoms in total. The standard InChI is InChI=1S/C12H13Cl2NO2/c1-12(2)9(6-11(16)15(12)17)8-4-3-7(13)5-10(8)14/h3-5,9,17H,6H2,1-2H3. The molecule has 1 aromatic carbocycles. The summed E-state index contributed by atoms with van der Waals surface area (Å²) in [7, 11) is 0. The molecule has 1 heterocycles. The van der Waals surface area contributed by atoms with Crippen molar-refractivity contribution >= 4 is 29.1 Å². The maximum Gasteiger partial charge on any atom is 0.247 e. The quantitative estimate of drug-likeness (QED) is 0.796. The van der Waals surface area contributed by atoms with Gasteiger partial charge in [-0.15, -0.1) is 0 Å². The van der Waals surface area contributed by atoms with E-state index in [1.54, 1.807) is 12.1 Å². The first-order valence-electron chi connectivity index (χ1n) is 5.31. The van der Waals surface area contributed by atoms with Gasteiger partial charge in [0.2, 0.25) is 5.91 Å². The Morgan fingerprint density at radius 1 is 1.41 bits per heavy atom. The van der Waals surface area contributed by atoms with E-state index in [-0.39, 0.29) is 18.2 Å². The zero-order chi connectivity index (χ0) is 12.8. The monoisotopic (exact) mass is 273 g/mol. The summed E-state index contributed by atoms with van der Waals surface area (Å²) in [6.07, 6.45) is 0.255. The Labute approximate surface area is 110 Å². The van der Waals surface area contributed by atoms with Crippen LogP contribution in [0.15, 0.2) is 18.2 Å². The van der Waals surface area contributed by atoms with Crippen molar-refractivity contribution in [2.75, 3.05) is 0 Å². The molecule has 0 spiro atoms. The summed E-state index contributed by atoms with van der Waals surface area (Å²) < 4.78 is 0. The van der Waals surface area contributed by atoms with Gasteiger partial charge in [0.15, 0.2) is 0 Å². The lowest BCUT2D eigenvalue weighted by Crippen LogP contribution is -2.40. The van der Waals surface area contributed by atoms with Gasteiger partial charge in [0.1, 0.15) is 0 Å². The van der Waals surface area contributed by atoms with E-state index in [0.717, 1.165) is 10.6 Å². The predicted octanol–water partition coefficient (Wildman–Crippen LogP) is 3.48. The maximum atomic E-state index is 11.6. The summed E-state index contributed by atoms with van der Waals surface area (Å²) in [6, 6.07) is 5.20. The van der Waals surface area contributed by atoms with Crippen LogP contribution in [0.5, 0.6) is 0 Å². The molecule has 1 N–H and O–H groups in total. The van der Waals surface area contributed by atoms with Crippen molar-refractivity contribution in [3.05, 3.63) is 33.8 Å². The molecule has 0 aromatic heterocycles. The fourth-order valence-electron chi connectivity index (χ4n) is 2.25. The molecular weight excluding hydrogens is 261 g/mol. The Morgan fingerprint density at radius 3 is 2.53 bits per heavy atom. The van der Waals surface area contributed by atoms with E-state index in [0.29, 0.717) is 10.0 Å². The lowest BCUT2D eigenvalue weighted by Gasteiger charge is -2.31. The largest absolute Gasteiger partial charge is 0.285 e. The molecule has 1 fully saturated rings. The fourth-order valence-corrected chi connectivity index (χ4v) is 2.79. The summed E-state index contributed by atoms with van der Waals surface area (Å²) in [4.78, 5) is 11.6. The molecule has 1 aromatic rings. The van der Waals surface area contributed by atoms with Crippen LogP contribution in [-0.2, 0) is 4.79 Å². The average Bonchev–Trinajstić information content (AvgIpc) is 2.43. The third kappa shape index (κ3) is 2.03. The Balaban J connectivity index is 2.44. The van der Waals surface area contributed by atoms with Crippen LogP contribution in [0.3, 0.4) is 0 Å². The molecule has 1 aliphatic rings. The van der Waals surface area contributed by atoms with Crippen LogP contribution in [0.4, 0.5) is 0 Å². The number of nitrogens with zero attached hydrogens (tertiary/aromatic N) is 1. The molecule has 5 heteroatoms. The fraction of sp³-hybridized carbons (Fsp3) is 0.417. The Morgan fingerprint density at radius 2 is 2.06 bits per heavy atom. The number of amides is 1. The van der Waals surface area contributed by atoms with E-state index in [4.69, 9.17) is 23.2 Å². The van der Waals surface area contributed by atoms with Gasteiger partial charge in [-0.25, -0.2) is 5.06 Å². The van der Waals surface area contributed by atoms with Crippen LogP contribution in [0.25, 0.3) is 0 Å². The number of hydrogen-bond acceptors (Lipinski definition) is 2. The highest BCUT2D eigenvalue weighted by Gasteiger charge is 2.47. The second-order valence-corrected chi connectivity index (χ2v) is 5.63. The summed E-state index contributed by atoms with van der Waals surface area (Å²) in [5.74, 6) is -0.421. The molecule has 2 rings (SSSR count). The zero-order valence-corrected chi connectivity index (χ0v) is 11.1. The second kappa shape index (κ2) is 4.16. The number of carbonyl (C=O) groups excluding carboxylic acids is 1. The summed E-state index contributed by atoms with van der Waals surface area (Å²) in [5, 5.41) is 11.6. The van der Waals surface area contributed by atoms with Crippen LogP contribution in [0, 0.1) is 0 Å². The van der Waals surface area contributed by atoms with E-state index in [2.05, 4.69) is 0 Å². The van der Waals surface area contributed by atoms with Crippen molar-refractivity contribution in [3.8, 4) is 0 Å². The summed E-state index contributed by atoms with van der Waals surface area (Å²) >= 11 is 12.0. The molecular formula is C12H13Cl2NO2. The molecule has 0 saturated carbocycles. The van der Waals surface area contributed by atoms with Crippen LogP contribution < -0.4 is 0 Å². The van der Waals surface area contributed by atoms with Crippen LogP contribution in [0.2, 0.25) is 10.0 Å². The molecule has 0 radical (unpaired) electrons. The average molecular weight is 274 g/mol. The van der Waals surface area contributed by atoms with E-state index in [1.165, 1.54) is 0 Å². The summed E-state index contributed by atoms with van der Waals surface area (Å²) in [5.41, 5.74) is 0.181. The Kier molecular flexibility index (Phi) is 3.10. The molecule has 1 unspecified atom stereocenters. The van der Waals surface area contributed by atoms with Gasteiger partial charge in [0, 0.05) is 22.4 Å². The van der Waals surface area contributed by atoms with Gasteiger partial charge in [-0.1, -0.05) is 29.3 Å². The molecule has 0 bridgehead atoms. The van der Waals surface area contributed by atoms with E-state index in [9.17, 15) is 10.0 Å². The third-order valence-electron chi connectivity index (χ3n) is 3.35. The number of halogens is 2. The van der Waals surface area contributed by atoms with Crippen molar-refractivity contribution in [3.63, 3.8) is 0 Å². The molecule has 92 valence electrons. The van der Waals surface area contributed by atoms with Crippen LogP contribution >= 0.6 is 23.2 Å². The van der Waals surface area contributed by atoms with Gasteiger partial charge >= 0.3 is 0 Å². The Hall–Kier alpha value is -0.770. The van der Waals surface area contributed by atoms with Crippen molar-refractivity contribution in [1.29, 1.82) is 0 Å². The van der Waals surface area contributed by atoms with Crippen molar-refractivity contribution < 1.29 is 10.0 Å². The van der Waals surface area contributed by atoms with Gasteiger partial charge in [-0.05, 0) is 31.5 Å². The second-order valence-electron chi connectivity index (χ2n) is 4.78. The van der Waals surface area contributed by atoms with E-state index >= 15 is 0 Å². The van der Waals surface area contributed by atoms with Crippen molar-refractivity contribution in [2.24, 2.45) is 0 Å². The summed E-state index contributed by atoms with van der Waals surface area (Å²) in [6.45, 7) is 3.63. The molecule has 1 amide bonds. The number of hydroxylamine groups is 2. The first-order valence-corrected chi connectivity index (χ1v) is 6.06. The number of rotatable bonds is 1. The number of carbonyl (C=O) groups is 1. The van der Waals surface area contributed by atoms with E-state index in [1.807, 2.05) is 19.9 Å². The van der Waals surface area contributed by atoms with Gasteiger partial charge < -0.3 is 0 Å². The maximum absolute atomic E-state index is 11.6. The predicted molar refractivity (Wildman–Crippen MR) is 66.5 cm³/mol. The van der Waals surface area contributed by atoms with Crippen molar-refractivity contribution in [2.45, 2.75) is 31.7 Å².